The molecule has 0 aliphatic carbocycles. The first-order chi connectivity index (χ1) is 46.0. The number of rotatable bonds is 10. The second-order valence-electron chi connectivity index (χ2n) is 27.3. The van der Waals surface area contributed by atoms with Crippen molar-refractivity contribution in [1.82, 2.24) is 0 Å². The van der Waals surface area contributed by atoms with E-state index in [9.17, 15) is 0 Å². The summed E-state index contributed by atoms with van der Waals surface area (Å²) in [5, 5.41) is 0. The largest absolute Gasteiger partial charge is 0.311 e. The molecule has 0 saturated heterocycles. The lowest BCUT2D eigenvalue weighted by Gasteiger charge is -2.48. The first-order valence-corrected chi connectivity index (χ1v) is 33.0. The SMILES string of the molecule is CC(C)(C)c1ccccc1N(c1cc2c3c(c1)N(c1ccccc1)c1cc4c(cc1B3c1ccccc1N2c1ccccc1)B1c2ccccc2N(c2ccccc2)c2cc(N(c3ccccc3)c3ccccc3)cc(c21)N4c1ccccc1)c1ccccc1C(C)(C)C. The summed E-state index contributed by atoms with van der Waals surface area (Å²) in [5.41, 5.74) is 29.8. The molecule has 0 fully saturated rings. The van der Waals surface area contributed by atoms with E-state index in [1.165, 1.54) is 43.9 Å². The molecule has 0 bridgehead atoms. The summed E-state index contributed by atoms with van der Waals surface area (Å²) in [4.78, 5) is 15.3. The maximum Gasteiger partial charge on any atom is 0.252 e. The van der Waals surface area contributed by atoms with E-state index < -0.39 is 0 Å². The topological polar surface area (TPSA) is 19.4 Å². The zero-order valence-electron chi connectivity index (χ0n) is 53.9. The third-order valence-corrected chi connectivity index (χ3v) is 19.5. The number of nitrogens with zero attached hydrogens (tertiary/aromatic N) is 6. The van der Waals surface area contributed by atoms with Gasteiger partial charge in [-0.15, -0.1) is 0 Å². The van der Waals surface area contributed by atoms with Gasteiger partial charge in [0.2, 0.25) is 0 Å². The number of benzene rings is 13. The Labute approximate surface area is 553 Å². The molecule has 0 spiro atoms. The van der Waals surface area contributed by atoms with Crippen molar-refractivity contribution in [2.75, 3.05) is 29.4 Å². The molecule has 0 radical (unpaired) electrons. The van der Waals surface area contributed by atoms with Crippen LogP contribution in [0.15, 0.2) is 315 Å². The highest BCUT2D eigenvalue weighted by atomic mass is 15.2. The lowest BCUT2D eigenvalue weighted by molar-refractivity contribution is 0.587. The maximum atomic E-state index is 2.64. The predicted octanol–water partition coefficient (Wildman–Crippen LogP) is 19.4. The second-order valence-corrected chi connectivity index (χ2v) is 27.3. The van der Waals surface area contributed by atoms with Crippen molar-refractivity contribution >= 4 is 149 Å². The fourth-order valence-electron chi connectivity index (χ4n) is 15.7. The lowest BCUT2D eigenvalue weighted by atomic mass is 9.30. The first kappa shape index (κ1) is 56.7. The minimum Gasteiger partial charge on any atom is -0.311 e. The van der Waals surface area contributed by atoms with Gasteiger partial charge in [-0.1, -0.05) is 230 Å². The fraction of sp³-hybridized carbons (Fsp3) is 0.0930. The minimum atomic E-state index is -0.187. The molecule has 0 N–H and O–H groups in total. The van der Waals surface area contributed by atoms with Gasteiger partial charge in [0, 0.05) is 91.0 Å². The zero-order chi connectivity index (χ0) is 63.4. The molecule has 0 amide bonds. The van der Waals surface area contributed by atoms with Crippen molar-refractivity contribution < 1.29 is 0 Å². The van der Waals surface area contributed by atoms with E-state index in [2.05, 4.69) is 386 Å². The van der Waals surface area contributed by atoms with Gasteiger partial charge in [-0.2, -0.15) is 0 Å². The molecule has 6 nitrogen and oxygen atoms in total. The van der Waals surface area contributed by atoms with Crippen LogP contribution in [0.25, 0.3) is 0 Å². The van der Waals surface area contributed by atoms with Crippen LogP contribution < -0.4 is 62.2 Å². The standard InChI is InChI=1S/C86H70B2N6/c1-85(2,3)67-45-25-29-49-73(67)94(74-50-30-26-46-68(74)86(4,5)6)66-55-80-84-82(56-66)93(64-43-23-12-24-44-64)78-58-77-71(57-72(78)88(84)70-48-28-32-52-76(70)91(80)62-39-19-10-20-40-62)87-69-47-27-31-51-75(69)90(61-37-17-9-18-38-61)79-53-65(54-81(83(79)87)92(77)63-41-21-11-22-42-63)89(59-33-13-7-14-34-59)60-35-15-8-16-36-60/h7-58H,1-6H3. The number of hydrogen-bond donors (Lipinski definition) is 0. The normalized spacial score (nSPS) is 13.3. The molecule has 450 valence electrons. The summed E-state index contributed by atoms with van der Waals surface area (Å²) in [6.45, 7) is 13.7. The van der Waals surface area contributed by atoms with Crippen molar-refractivity contribution in [2.45, 2.75) is 52.4 Å². The maximum absolute atomic E-state index is 2.64. The van der Waals surface area contributed by atoms with Crippen molar-refractivity contribution in [1.29, 1.82) is 0 Å². The third-order valence-electron chi connectivity index (χ3n) is 19.5. The molecule has 13 aromatic rings. The van der Waals surface area contributed by atoms with Gasteiger partial charge in [-0.25, -0.2) is 0 Å². The van der Waals surface area contributed by atoms with Crippen LogP contribution in [-0.4, -0.2) is 13.4 Å². The first-order valence-electron chi connectivity index (χ1n) is 33.0. The van der Waals surface area contributed by atoms with Crippen LogP contribution in [-0.2, 0) is 10.8 Å². The molecule has 8 heteroatoms. The highest BCUT2D eigenvalue weighted by Gasteiger charge is 2.49. The molecule has 0 aromatic heterocycles. The highest BCUT2D eigenvalue weighted by Crippen LogP contribution is 2.54. The van der Waals surface area contributed by atoms with Gasteiger partial charge >= 0.3 is 0 Å². The predicted molar refractivity (Wildman–Crippen MR) is 401 cm³/mol. The van der Waals surface area contributed by atoms with E-state index >= 15 is 0 Å². The van der Waals surface area contributed by atoms with Crippen LogP contribution >= 0.6 is 0 Å². The molecule has 0 saturated carbocycles. The Morgan fingerprint density at radius 3 is 0.872 bits per heavy atom. The molecular formula is C86H70B2N6. The summed E-state index contributed by atoms with van der Waals surface area (Å²) in [6.07, 6.45) is 0. The van der Waals surface area contributed by atoms with Crippen LogP contribution in [0.1, 0.15) is 52.7 Å². The Morgan fingerprint density at radius 1 is 0.234 bits per heavy atom. The molecule has 94 heavy (non-hydrogen) atoms. The Bertz CT molecular complexity index is 4940. The summed E-state index contributed by atoms with van der Waals surface area (Å²) >= 11 is 0. The zero-order valence-corrected chi connectivity index (χ0v) is 53.9. The van der Waals surface area contributed by atoms with Crippen molar-refractivity contribution in [3.8, 4) is 0 Å². The van der Waals surface area contributed by atoms with Crippen LogP contribution in [0.5, 0.6) is 0 Å². The second kappa shape index (κ2) is 22.3. The summed E-state index contributed by atoms with van der Waals surface area (Å²) < 4.78 is 0. The molecule has 0 unspecified atom stereocenters. The van der Waals surface area contributed by atoms with Crippen molar-refractivity contribution in [3.05, 3.63) is 327 Å². The van der Waals surface area contributed by atoms with Crippen molar-refractivity contribution in [2.24, 2.45) is 0 Å². The molecule has 13 aromatic carbocycles. The molecular weight excluding hydrogens is 1140 g/mol. The summed E-state index contributed by atoms with van der Waals surface area (Å²) in [7, 11) is 0. The van der Waals surface area contributed by atoms with Gasteiger partial charge in [0.25, 0.3) is 13.4 Å². The van der Waals surface area contributed by atoms with Gasteiger partial charge in [0.1, 0.15) is 0 Å². The Hall–Kier alpha value is -11.2. The van der Waals surface area contributed by atoms with E-state index in [1.807, 2.05) is 0 Å². The van der Waals surface area contributed by atoms with Gasteiger partial charge < -0.3 is 29.4 Å². The summed E-state index contributed by atoms with van der Waals surface area (Å²) in [5.74, 6) is 0. The van der Waals surface area contributed by atoms with Gasteiger partial charge in [-0.05, 0) is 182 Å². The van der Waals surface area contributed by atoms with Gasteiger partial charge in [0.05, 0.1) is 11.4 Å². The van der Waals surface area contributed by atoms with E-state index in [0.717, 1.165) is 102 Å². The number of anilines is 18. The quantitative estimate of drug-likeness (QED) is 0.126. The molecule has 0 atom stereocenters. The highest BCUT2D eigenvalue weighted by molar-refractivity contribution is 7.03. The van der Waals surface area contributed by atoms with E-state index in [1.54, 1.807) is 0 Å². The molecule has 4 heterocycles. The molecule has 17 rings (SSSR count). The number of hydrogen-bond acceptors (Lipinski definition) is 6. The lowest BCUT2D eigenvalue weighted by Crippen LogP contribution is -2.65. The molecule has 4 aliphatic heterocycles. The van der Waals surface area contributed by atoms with Gasteiger partial charge in [0.15, 0.2) is 0 Å². The molecule has 4 aliphatic rings. The fourth-order valence-corrected chi connectivity index (χ4v) is 15.7. The number of fused-ring (bicyclic) bond motifs is 8. The summed E-state index contributed by atoms with van der Waals surface area (Å²) in [6, 6.07) is 118. The monoisotopic (exact) mass is 1210 g/mol. The van der Waals surface area contributed by atoms with Crippen LogP contribution in [0, 0.1) is 0 Å². The van der Waals surface area contributed by atoms with Crippen LogP contribution in [0.4, 0.5) is 102 Å². The van der Waals surface area contributed by atoms with Gasteiger partial charge in [-0.3, -0.25) is 0 Å². The third kappa shape index (κ3) is 9.17. The van der Waals surface area contributed by atoms with E-state index in [-0.39, 0.29) is 24.3 Å². The minimum absolute atomic E-state index is 0.162. The smallest absolute Gasteiger partial charge is 0.252 e. The van der Waals surface area contributed by atoms with E-state index in [0.29, 0.717) is 0 Å². The average molecular weight is 1210 g/mol. The van der Waals surface area contributed by atoms with Crippen LogP contribution in [0.2, 0.25) is 0 Å². The van der Waals surface area contributed by atoms with Crippen molar-refractivity contribution in [3.63, 3.8) is 0 Å². The Kier molecular flexibility index (Phi) is 13.5. The Balaban J connectivity index is 1.00. The van der Waals surface area contributed by atoms with Crippen LogP contribution in [0.3, 0.4) is 0 Å². The number of para-hydroxylation sites is 10. The average Bonchev–Trinajstić information content (AvgIpc) is 0.694. The Morgan fingerprint density at radius 2 is 0.521 bits per heavy atom. The van der Waals surface area contributed by atoms with E-state index in [4.69, 9.17) is 0 Å².